The van der Waals surface area contributed by atoms with Gasteiger partial charge in [-0.25, -0.2) is 9.97 Å². The maximum absolute atomic E-state index is 12.9. The number of aromatic nitrogens is 3. The Bertz CT molecular complexity index is 1360. The van der Waals surface area contributed by atoms with Crippen LogP contribution < -0.4 is 10.3 Å². The van der Waals surface area contributed by atoms with Gasteiger partial charge >= 0.3 is 0 Å². The van der Waals surface area contributed by atoms with Crippen LogP contribution in [0.3, 0.4) is 0 Å². The summed E-state index contributed by atoms with van der Waals surface area (Å²) in [5, 5.41) is 1.65. The maximum Gasteiger partial charge on any atom is 0.292 e. The third-order valence-corrected chi connectivity index (χ3v) is 4.65. The van der Waals surface area contributed by atoms with Gasteiger partial charge in [0.15, 0.2) is 0 Å². The second kappa shape index (κ2) is 6.63. The van der Waals surface area contributed by atoms with E-state index in [0.717, 1.165) is 32.9 Å². The van der Waals surface area contributed by atoms with Crippen molar-refractivity contribution in [3.8, 4) is 22.8 Å². The summed E-state index contributed by atoms with van der Waals surface area (Å²) in [6.07, 6.45) is 1.44. The molecule has 2 aromatic heterocycles. The second-order valence-electron chi connectivity index (χ2n) is 6.37. The molecule has 5 aromatic rings. The van der Waals surface area contributed by atoms with E-state index in [0.29, 0.717) is 5.88 Å². The molecule has 2 heterocycles. The van der Waals surface area contributed by atoms with Gasteiger partial charge < -0.3 is 9.72 Å². The van der Waals surface area contributed by atoms with Gasteiger partial charge in [-0.05, 0) is 23.8 Å². The Balaban J connectivity index is 1.80. The molecule has 0 saturated carbocycles. The molecule has 0 aliphatic heterocycles. The maximum atomic E-state index is 12.9. The van der Waals surface area contributed by atoms with Crippen LogP contribution in [-0.2, 0) is 0 Å². The molecule has 5 nitrogen and oxygen atoms in total. The van der Waals surface area contributed by atoms with Gasteiger partial charge in [0.25, 0.3) is 5.56 Å². The number of ether oxygens (including phenoxy) is 1. The summed E-state index contributed by atoms with van der Waals surface area (Å²) in [6, 6.07) is 25.0. The van der Waals surface area contributed by atoms with Crippen LogP contribution in [0.25, 0.3) is 32.9 Å². The SMILES string of the molecule is O=c1[nH]c2ccccc2c(-c2ccccc2)c1Oc1ncnc2ccccc12. The van der Waals surface area contributed by atoms with Crippen LogP contribution in [0.2, 0.25) is 0 Å². The summed E-state index contributed by atoms with van der Waals surface area (Å²) in [5.74, 6) is 0.567. The molecular weight excluding hydrogens is 350 g/mol. The standard InChI is InChI=1S/C23H15N3O2/c27-22-21(28-23-17-11-5-6-12-18(17)24-14-25-23)20(15-8-2-1-3-9-15)16-10-4-7-13-19(16)26-22/h1-14H,(H,26,27). The van der Waals surface area contributed by atoms with Crippen molar-refractivity contribution in [1.29, 1.82) is 0 Å². The van der Waals surface area contributed by atoms with Crippen molar-refractivity contribution in [3.63, 3.8) is 0 Å². The highest BCUT2D eigenvalue weighted by atomic mass is 16.5. The molecule has 0 amide bonds. The highest BCUT2D eigenvalue weighted by Gasteiger charge is 2.18. The minimum atomic E-state index is -0.305. The molecule has 5 heteroatoms. The number of hydrogen-bond donors (Lipinski definition) is 1. The number of rotatable bonds is 3. The Morgan fingerprint density at radius 2 is 1.46 bits per heavy atom. The number of nitrogens with zero attached hydrogens (tertiary/aromatic N) is 2. The first kappa shape index (κ1) is 16.2. The highest BCUT2D eigenvalue weighted by molar-refractivity contribution is 5.97. The van der Waals surface area contributed by atoms with Crippen molar-refractivity contribution in [1.82, 2.24) is 15.0 Å². The van der Waals surface area contributed by atoms with E-state index < -0.39 is 0 Å². The first-order valence-electron chi connectivity index (χ1n) is 8.89. The van der Waals surface area contributed by atoms with Crippen molar-refractivity contribution in [2.75, 3.05) is 0 Å². The molecule has 0 radical (unpaired) electrons. The van der Waals surface area contributed by atoms with Gasteiger partial charge in [0.05, 0.1) is 10.9 Å². The van der Waals surface area contributed by atoms with Gasteiger partial charge in [0.2, 0.25) is 11.6 Å². The molecule has 0 unspecified atom stereocenters. The van der Waals surface area contributed by atoms with Gasteiger partial charge in [-0.3, -0.25) is 4.79 Å². The fraction of sp³-hybridized carbons (Fsp3) is 0. The molecule has 28 heavy (non-hydrogen) atoms. The monoisotopic (exact) mass is 365 g/mol. The van der Waals surface area contributed by atoms with Crippen LogP contribution in [0.15, 0.2) is 90.0 Å². The zero-order valence-electron chi connectivity index (χ0n) is 14.8. The molecule has 3 aromatic carbocycles. The number of aromatic amines is 1. The van der Waals surface area contributed by atoms with Crippen molar-refractivity contribution >= 4 is 21.8 Å². The topological polar surface area (TPSA) is 67.9 Å². The fourth-order valence-electron chi connectivity index (χ4n) is 3.37. The van der Waals surface area contributed by atoms with Crippen LogP contribution in [0, 0.1) is 0 Å². The Kier molecular flexibility index (Phi) is 3.84. The van der Waals surface area contributed by atoms with Gasteiger partial charge in [-0.1, -0.05) is 60.7 Å². The van der Waals surface area contributed by atoms with E-state index >= 15 is 0 Å². The number of hydrogen-bond acceptors (Lipinski definition) is 4. The van der Waals surface area contributed by atoms with E-state index in [9.17, 15) is 4.79 Å². The predicted octanol–water partition coefficient (Wildman–Crippen LogP) is 4.93. The summed E-state index contributed by atoms with van der Waals surface area (Å²) in [5.41, 5.74) is 2.85. The van der Waals surface area contributed by atoms with Crippen molar-refractivity contribution in [2.45, 2.75) is 0 Å². The van der Waals surface area contributed by atoms with E-state index in [2.05, 4.69) is 15.0 Å². The summed E-state index contributed by atoms with van der Waals surface area (Å²) in [4.78, 5) is 24.4. The fourth-order valence-corrected chi connectivity index (χ4v) is 3.37. The van der Waals surface area contributed by atoms with Gasteiger partial charge in [0, 0.05) is 16.5 Å². The van der Waals surface area contributed by atoms with Crippen molar-refractivity contribution < 1.29 is 4.74 Å². The zero-order valence-corrected chi connectivity index (χ0v) is 14.8. The first-order chi connectivity index (χ1) is 13.8. The van der Waals surface area contributed by atoms with Crippen LogP contribution in [0.1, 0.15) is 0 Å². The molecule has 134 valence electrons. The number of benzene rings is 3. The summed E-state index contributed by atoms with van der Waals surface area (Å²) >= 11 is 0. The molecule has 1 N–H and O–H groups in total. The Labute approximate surface area is 160 Å². The van der Waals surface area contributed by atoms with Crippen LogP contribution in [0.5, 0.6) is 11.6 Å². The number of pyridine rings is 1. The molecule has 0 aliphatic carbocycles. The number of para-hydroxylation sites is 2. The Morgan fingerprint density at radius 3 is 2.32 bits per heavy atom. The van der Waals surface area contributed by atoms with E-state index in [1.54, 1.807) is 0 Å². The molecule has 0 spiro atoms. The summed E-state index contributed by atoms with van der Waals surface area (Å²) < 4.78 is 6.12. The molecule has 0 bridgehead atoms. The van der Waals surface area contributed by atoms with E-state index in [1.807, 2.05) is 78.9 Å². The lowest BCUT2D eigenvalue weighted by molar-refractivity contribution is 0.463. The average molecular weight is 365 g/mol. The zero-order chi connectivity index (χ0) is 18.9. The second-order valence-corrected chi connectivity index (χ2v) is 6.37. The number of fused-ring (bicyclic) bond motifs is 2. The quantitative estimate of drug-likeness (QED) is 0.492. The first-order valence-corrected chi connectivity index (χ1v) is 8.89. The third-order valence-electron chi connectivity index (χ3n) is 4.65. The van der Waals surface area contributed by atoms with E-state index in [4.69, 9.17) is 4.74 Å². The van der Waals surface area contributed by atoms with Crippen molar-refractivity contribution in [2.24, 2.45) is 0 Å². The van der Waals surface area contributed by atoms with E-state index in [1.165, 1.54) is 6.33 Å². The molecule has 0 aliphatic rings. The van der Waals surface area contributed by atoms with Gasteiger partial charge in [0.1, 0.15) is 6.33 Å². The lowest BCUT2D eigenvalue weighted by Crippen LogP contribution is -2.11. The summed E-state index contributed by atoms with van der Waals surface area (Å²) in [6.45, 7) is 0. The van der Waals surface area contributed by atoms with E-state index in [-0.39, 0.29) is 11.3 Å². The number of nitrogens with one attached hydrogen (secondary N) is 1. The molecule has 5 rings (SSSR count). The van der Waals surface area contributed by atoms with Gasteiger partial charge in [-0.15, -0.1) is 0 Å². The van der Waals surface area contributed by atoms with Gasteiger partial charge in [-0.2, -0.15) is 0 Å². The summed E-state index contributed by atoms with van der Waals surface area (Å²) in [7, 11) is 0. The smallest absolute Gasteiger partial charge is 0.292 e. The molecule has 0 saturated heterocycles. The number of H-pyrrole nitrogens is 1. The Morgan fingerprint density at radius 1 is 0.750 bits per heavy atom. The molecular formula is C23H15N3O2. The Hall–Kier alpha value is -3.99. The van der Waals surface area contributed by atoms with Crippen molar-refractivity contribution in [3.05, 3.63) is 95.5 Å². The minimum Gasteiger partial charge on any atom is -0.432 e. The lowest BCUT2D eigenvalue weighted by Gasteiger charge is -2.14. The molecule has 0 atom stereocenters. The van der Waals surface area contributed by atoms with Crippen LogP contribution >= 0.6 is 0 Å². The van der Waals surface area contributed by atoms with Crippen LogP contribution in [0.4, 0.5) is 0 Å². The lowest BCUT2D eigenvalue weighted by atomic mass is 10.0. The third kappa shape index (κ3) is 2.70. The molecule has 0 fully saturated rings. The largest absolute Gasteiger partial charge is 0.432 e. The minimum absolute atomic E-state index is 0.216. The van der Waals surface area contributed by atoms with Crippen LogP contribution in [-0.4, -0.2) is 15.0 Å². The average Bonchev–Trinajstić information content (AvgIpc) is 2.75. The highest BCUT2D eigenvalue weighted by Crippen LogP contribution is 2.36. The predicted molar refractivity (Wildman–Crippen MR) is 110 cm³/mol. The normalized spacial score (nSPS) is 11.0.